The van der Waals surface area contributed by atoms with Gasteiger partial charge < -0.3 is 10.7 Å². The smallest absolute Gasteiger partial charge is 0.257 e. The predicted molar refractivity (Wildman–Crippen MR) is 81.8 cm³/mol. The molecule has 0 saturated carbocycles. The van der Waals surface area contributed by atoms with Crippen LogP contribution in [-0.4, -0.2) is 10.9 Å². The quantitative estimate of drug-likeness (QED) is 0.510. The summed E-state index contributed by atoms with van der Waals surface area (Å²) in [5.41, 5.74) is 7.05. The van der Waals surface area contributed by atoms with E-state index in [9.17, 15) is 4.79 Å². The number of nitrogens with one attached hydrogen (secondary N) is 2. The second kappa shape index (κ2) is 5.28. The topological polar surface area (TPSA) is 80.0 Å². The predicted octanol–water partition coefficient (Wildman–Crippen LogP) is 2.83. The van der Waals surface area contributed by atoms with E-state index in [1.165, 1.54) is 11.3 Å². The summed E-state index contributed by atoms with van der Waals surface area (Å²) in [7, 11) is 0. The zero-order valence-corrected chi connectivity index (χ0v) is 11.3. The van der Waals surface area contributed by atoms with Gasteiger partial charge in [0, 0.05) is 5.69 Å². The molecule has 100 valence electrons. The minimum Gasteiger partial charge on any atom is -0.323 e. The van der Waals surface area contributed by atoms with Gasteiger partial charge in [0.2, 0.25) is 0 Å². The van der Waals surface area contributed by atoms with Gasteiger partial charge in [0.15, 0.2) is 0 Å². The molecule has 1 aromatic heterocycles. The van der Waals surface area contributed by atoms with Crippen LogP contribution in [0.15, 0.2) is 48.0 Å². The van der Waals surface area contributed by atoms with E-state index in [4.69, 9.17) is 5.84 Å². The highest BCUT2D eigenvalue weighted by Gasteiger charge is 2.10. The van der Waals surface area contributed by atoms with Crippen molar-refractivity contribution in [3.05, 3.63) is 53.5 Å². The monoisotopic (exact) mass is 284 g/mol. The first-order valence-electron chi connectivity index (χ1n) is 5.98. The Morgan fingerprint density at radius 2 is 2.05 bits per heavy atom. The lowest BCUT2D eigenvalue weighted by atomic mass is 10.1. The van der Waals surface area contributed by atoms with Crippen LogP contribution in [-0.2, 0) is 0 Å². The van der Waals surface area contributed by atoms with Gasteiger partial charge >= 0.3 is 0 Å². The number of thiazole rings is 1. The summed E-state index contributed by atoms with van der Waals surface area (Å²) in [5, 5.41) is 2.86. The third-order valence-electron chi connectivity index (χ3n) is 2.92. The van der Waals surface area contributed by atoms with Crippen molar-refractivity contribution in [2.75, 3.05) is 10.7 Å². The molecule has 0 unspecified atom stereocenters. The van der Waals surface area contributed by atoms with Crippen LogP contribution in [0.2, 0.25) is 0 Å². The second-order valence-corrected chi connectivity index (χ2v) is 5.07. The lowest BCUT2D eigenvalue weighted by Gasteiger charge is -2.09. The summed E-state index contributed by atoms with van der Waals surface area (Å²) < 4.78 is 1.04. The van der Waals surface area contributed by atoms with Crippen molar-refractivity contribution in [3.63, 3.8) is 0 Å². The van der Waals surface area contributed by atoms with Crippen molar-refractivity contribution in [2.45, 2.75) is 0 Å². The molecule has 0 saturated heterocycles. The fourth-order valence-corrected chi connectivity index (χ4v) is 2.65. The maximum Gasteiger partial charge on any atom is 0.257 e. The summed E-state index contributed by atoms with van der Waals surface area (Å²) in [6, 6.07) is 12.7. The Balaban J connectivity index is 1.88. The zero-order chi connectivity index (χ0) is 13.9. The van der Waals surface area contributed by atoms with Crippen LogP contribution >= 0.6 is 11.3 Å². The molecule has 1 amide bonds. The summed E-state index contributed by atoms with van der Waals surface area (Å²) in [5.74, 6) is 5.20. The van der Waals surface area contributed by atoms with Crippen LogP contribution in [0, 0.1) is 0 Å². The molecule has 5 nitrogen and oxygen atoms in total. The highest BCUT2D eigenvalue weighted by atomic mass is 32.1. The van der Waals surface area contributed by atoms with Gasteiger partial charge in [0.05, 0.1) is 27.0 Å². The molecule has 0 aliphatic rings. The number of fused-ring (bicyclic) bond motifs is 1. The summed E-state index contributed by atoms with van der Waals surface area (Å²) >= 11 is 1.54. The van der Waals surface area contributed by atoms with E-state index in [1.54, 1.807) is 23.7 Å². The first kappa shape index (κ1) is 12.6. The Bertz CT molecular complexity index is 768. The van der Waals surface area contributed by atoms with Crippen molar-refractivity contribution in [3.8, 4) is 0 Å². The Labute approximate surface area is 119 Å². The summed E-state index contributed by atoms with van der Waals surface area (Å²) in [6.45, 7) is 0. The van der Waals surface area contributed by atoms with E-state index in [2.05, 4.69) is 15.7 Å². The molecule has 0 spiro atoms. The molecule has 3 rings (SSSR count). The molecule has 0 bridgehead atoms. The molecule has 0 aliphatic heterocycles. The Morgan fingerprint density at radius 3 is 2.90 bits per heavy atom. The lowest BCUT2D eigenvalue weighted by Crippen LogP contribution is -2.17. The van der Waals surface area contributed by atoms with Gasteiger partial charge in [-0.3, -0.25) is 10.6 Å². The molecule has 3 aromatic rings. The largest absolute Gasteiger partial charge is 0.323 e. The number of nitrogens with two attached hydrogens (primary N) is 1. The number of carbonyl (C=O) groups excluding carboxylic acids is 1. The van der Waals surface area contributed by atoms with E-state index in [-0.39, 0.29) is 5.91 Å². The Hall–Kier alpha value is -2.44. The molecule has 1 heterocycles. The van der Waals surface area contributed by atoms with Crippen LogP contribution in [0.1, 0.15) is 10.4 Å². The van der Waals surface area contributed by atoms with E-state index in [1.807, 2.05) is 24.3 Å². The fourth-order valence-electron chi connectivity index (χ4n) is 1.94. The highest BCUT2D eigenvalue weighted by Crippen LogP contribution is 2.23. The maximum absolute atomic E-state index is 12.2. The van der Waals surface area contributed by atoms with Crippen LogP contribution in [0.5, 0.6) is 0 Å². The number of nitrogens with zero attached hydrogens (tertiary/aromatic N) is 1. The first-order chi connectivity index (χ1) is 9.78. The van der Waals surface area contributed by atoms with Crippen LogP contribution in [0.25, 0.3) is 10.2 Å². The molecule has 2 aromatic carbocycles. The van der Waals surface area contributed by atoms with Gasteiger partial charge in [0.25, 0.3) is 5.91 Å². The summed E-state index contributed by atoms with van der Waals surface area (Å²) in [6.07, 6.45) is 0. The normalized spacial score (nSPS) is 10.4. The fraction of sp³-hybridized carbons (Fsp3) is 0. The number of hydrogen-bond acceptors (Lipinski definition) is 5. The number of amides is 1. The van der Waals surface area contributed by atoms with Gasteiger partial charge in [0.1, 0.15) is 0 Å². The van der Waals surface area contributed by atoms with E-state index in [0.29, 0.717) is 11.3 Å². The van der Waals surface area contributed by atoms with Gasteiger partial charge in [-0.1, -0.05) is 12.1 Å². The number of anilines is 2. The van der Waals surface area contributed by atoms with E-state index in [0.717, 1.165) is 15.9 Å². The van der Waals surface area contributed by atoms with Gasteiger partial charge in [-0.25, -0.2) is 4.98 Å². The van der Waals surface area contributed by atoms with Crippen molar-refractivity contribution in [2.24, 2.45) is 5.84 Å². The number of benzene rings is 2. The maximum atomic E-state index is 12.2. The number of para-hydroxylation sites is 1. The number of aromatic nitrogens is 1. The van der Waals surface area contributed by atoms with Crippen LogP contribution in [0.4, 0.5) is 11.4 Å². The molecular weight excluding hydrogens is 272 g/mol. The second-order valence-electron chi connectivity index (χ2n) is 4.18. The number of nitrogen functional groups attached to an aromatic ring is 1. The van der Waals surface area contributed by atoms with Gasteiger partial charge in [-0.2, -0.15) is 0 Å². The van der Waals surface area contributed by atoms with Crippen molar-refractivity contribution >= 4 is 38.8 Å². The van der Waals surface area contributed by atoms with Gasteiger partial charge in [-0.05, 0) is 30.3 Å². The third-order valence-corrected chi connectivity index (χ3v) is 3.71. The Morgan fingerprint density at radius 1 is 1.20 bits per heavy atom. The number of carbonyl (C=O) groups is 1. The van der Waals surface area contributed by atoms with Crippen LogP contribution in [0.3, 0.4) is 0 Å². The van der Waals surface area contributed by atoms with E-state index >= 15 is 0 Å². The molecular formula is C14H12N4OS. The van der Waals surface area contributed by atoms with Crippen LogP contribution < -0.4 is 16.6 Å². The number of hydrazine groups is 1. The third kappa shape index (κ3) is 2.34. The molecule has 0 atom stereocenters. The minimum atomic E-state index is -0.206. The number of hydrogen-bond donors (Lipinski definition) is 3. The van der Waals surface area contributed by atoms with Gasteiger partial charge in [-0.15, -0.1) is 11.3 Å². The van der Waals surface area contributed by atoms with E-state index < -0.39 is 0 Å². The molecule has 4 N–H and O–H groups in total. The zero-order valence-electron chi connectivity index (χ0n) is 10.5. The molecule has 20 heavy (non-hydrogen) atoms. The minimum absolute atomic E-state index is 0.206. The molecule has 6 heteroatoms. The van der Waals surface area contributed by atoms with Crippen molar-refractivity contribution in [1.82, 2.24) is 4.98 Å². The van der Waals surface area contributed by atoms with Crippen molar-refractivity contribution in [1.29, 1.82) is 0 Å². The van der Waals surface area contributed by atoms with Crippen molar-refractivity contribution < 1.29 is 4.79 Å². The summed E-state index contributed by atoms with van der Waals surface area (Å²) in [4.78, 5) is 16.5. The molecule has 0 fully saturated rings. The SMILES string of the molecule is NNc1ccccc1C(=O)Nc1ccc2ncsc2c1. The first-order valence-corrected chi connectivity index (χ1v) is 6.86. The molecule has 0 aliphatic carbocycles. The average molecular weight is 284 g/mol. The molecule has 0 radical (unpaired) electrons. The highest BCUT2D eigenvalue weighted by molar-refractivity contribution is 7.16. The Kier molecular flexibility index (Phi) is 3.32. The standard InChI is InChI=1S/C14H12N4OS/c15-18-11-4-2-1-3-10(11)14(19)17-9-5-6-12-13(7-9)20-8-16-12/h1-8,18H,15H2,(H,17,19). The lowest BCUT2D eigenvalue weighted by molar-refractivity contribution is 0.102. The number of rotatable bonds is 3. The average Bonchev–Trinajstić information content (AvgIpc) is 2.94.